The molecule has 2 nitrogen and oxygen atoms in total. The van der Waals surface area contributed by atoms with Crippen LogP contribution in [0.15, 0.2) is 18.2 Å². The van der Waals surface area contributed by atoms with E-state index >= 15 is 0 Å². The van der Waals surface area contributed by atoms with Crippen LogP contribution in [0.4, 0.5) is 5.69 Å². The van der Waals surface area contributed by atoms with E-state index in [1.165, 1.54) is 19.3 Å². The van der Waals surface area contributed by atoms with E-state index in [2.05, 4.69) is 27.9 Å². The molecule has 1 amide bonds. The van der Waals surface area contributed by atoms with Gasteiger partial charge in [0.15, 0.2) is 0 Å². The molecule has 2 atom stereocenters. The highest BCUT2D eigenvalue weighted by Gasteiger charge is 2.56. The maximum absolute atomic E-state index is 12.1. The quantitative estimate of drug-likeness (QED) is 0.795. The summed E-state index contributed by atoms with van der Waals surface area (Å²) in [6, 6.07) is 5.55. The molecule has 0 bridgehead atoms. The van der Waals surface area contributed by atoms with Gasteiger partial charge >= 0.3 is 0 Å². The Hall–Kier alpha value is -0.290. The number of halogens is 2. The molecule has 1 aromatic rings. The van der Waals surface area contributed by atoms with Crippen molar-refractivity contribution in [1.29, 1.82) is 0 Å². The van der Waals surface area contributed by atoms with Gasteiger partial charge in [-0.25, -0.2) is 0 Å². The Bertz CT molecular complexity index is 466. The molecule has 2 fully saturated rings. The third kappa shape index (κ3) is 2.19. The van der Waals surface area contributed by atoms with E-state index < -0.39 is 0 Å². The number of benzene rings is 1. The Morgan fingerprint density at radius 3 is 2.71 bits per heavy atom. The van der Waals surface area contributed by atoms with E-state index in [0.717, 1.165) is 9.26 Å². The molecular formula is C13H13ClINO. The minimum Gasteiger partial charge on any atom is -0.325 e. The SMILES string of the molecule is O=C(Nc1ccc(Cl)cc1I)C1C2CCCC21. The van der Waals surface area contributed by atoms with Gasteiger partial charge in [0.05, 0.1) is 5.69 Å². The zero-order valence-electron chi connectivity index (χ0n) is 9.25. The number of hydrogen-bond acceptors (Lipinski definition) is 1. The van der Waals surface area contributed by atoms with Crippen LogP contribution in [0.5, 0.6) is 0 Å². The van der Waals surface area contributed by atoms with Gasteiger partial charge in [-0.1, -0.05) is 18.0 Å². The molecule has 2 saturated carbocycles. The third-order valence-electron chi connectivity index (χ3n) is 3.90. The van der Waals surface area contributed by atoms with E-state index in [1.807, 2.05) is 18.2 Å². The Labute approximate surface area is 119 Å². The second kappa shape index (κ2) is 4.43. The third-order valence-corrected chi connectivity index (χ3v) is 5.03. The molecule has 0 saturated heterocycles. The minimum atomic E-state index is 0.194. The topological polar surface area (TPSA) is 29.1 Å². The summed E-state index contributed by atoms with van der Waals surface area (Å²) in [4.78, 5) is 12.1. The number of rotatable bonds is 2. The molecular weight excluding hydrogens is 349 g/mol. The molecule has 2 unspecified atom stereocenters. The monoisotopic (exact) mass is 361 g/mol. The first-order valence-electron chi connectivity index (χ1n) is 5.93. The normalized spacial score (nSPS) is 29.9. The summed E-state index contributed by atoms with van der Waals surface area (Å²) >= 11 is 8.09. The van der Waals surface area contributed by atoms with Gasteiger partial charge in [-0.05, 0) is 65.5 Å². The number of nitrogens with one attached hydrogen (secondary N) is 1. The van der Waals surface area contributed by atoms with E-state index in [9.17, 15) is 4.79 Å². The predicted molar refractivity (Wildman–Crippen MR) is 77.1 cm³/mol. The van der Waals surface area contributed by atoms with Crippen molar-refractivity contribution in [3.8, 4) is 0 Å². The van der Waals surface area contributed by atoms with Crippen LogP contribution < -0.4 is 5.32 Å². The Morgan fingerprint density at radius 1 is 1.35 bits per heavy atom. The van der Waals surface area contributed by atoms with Gasteiger partial charge < -0.3 is 5.32 Å². The van der Waals surface area contributed by atoms with Crippen molar-refractivity contribution in [3.05, 3.63) is 26.8 Å². The summed E-state index contributed by atoms with van der Waals surface area (Å²) in [5, 5.41) is 3.73. The van der Waals surface area contributed by atoms with Crippen molar-refractivity contribution in [2.45, 2.75) is 19.3 Å². The van der Waals surface area contributed by atoms with E-state index in [4.69, 9.17) is 11.6 Å². The zero-order chi connectivity index (χ0) is 12.0. The van der Waals surface area contributed by atoms with Crippen molar-refractivity contribution < 1.29 is 4.79 Å². The first kappa shape index (κ1) is 11.8. The fourth-order valence-corrected chi connectivity index (χ4v) is 4.02. The van der Waals surface area contributed by atoms with Crippen LogP contribution in [0, 0.1) is 21.3 Å². The average molecular weight is 362 g/mol. The lowest BCUT2D eigenvalue weighted by atomic mass is 10.1. The number of hydrogen-bond donors (Lipinski definition) is 1. The molecule has 0 heterocycles. The Kier molecular flexibility index (Phi) is 3.07. The van der Waals surface area contributed by atoms with Crippen LogP contribution in [0.25, 0.3) is 0 Å². The number of carbonyl (C=O) groups excluding carboxylic acids is 1. The molecule has 2 aliphatic carbocycles. The lowest BCUT2D eigenvalue weighted by Crippen LogP contribution is -2.17. The fraction of sp³-hybridized carbons (Fsp3) is 0.462. The maximum Gasteiger partial charge on any atom is 0.228 e. The average Bonchev–Trinajstić information content (AvgIpc) is 2.77. The Balaban J connectivity index is 1.69. The van der Waals surface area contributed by atoms with Crippen molar-refractivity contribution in [2.75, 3.05) is 5.32 Å². The standard InChI is InChI=1S/C13H13ClINO/c14-7-4-5-11(10(15)6-7)16-13(17)12-8-2-1-3-9(8)12/h4-6,8-9,12H,1-3H2,(H,16,17). The molecule has 2 aliphatic rings. The predicted octanol–water partition coefficient (Wildman–Crippen LogP) is 3.93. The summed E-state index contributed by atoms with van der Waals surface area (Å²) in [5.41, 5.74) is 0.880. The van der Waals surface area contributed by atoms with Gasteiger partial charge in [0.25, 0.3) is 0 Å². The summed E-state index contributed by atoms with van der Waals surface area (Å²) in [7, 11) is 0. The van der Waals surface area contributed by atoms with E-state index in [0.29, 0.717) is 16.9 Å². The fourth-order valence-electron chi connectivity index (χ4n) is 3.02. The number of carbonyl (C=O) groups is 1. The number of anilines is 1. The summed E-state index contributed by atoms with van der Waals surface area (Å²) in [5.74, 6) is 1.80. The van der Waals surface area contributed by atoms with Crippen LogP contribution in [0.2, 0.25) is 5.02 Å². The van der Waals surface area contributed by atoms with E-state index in [1.54, 1.807) is 0 Å². The van der Waals surface area contributed by atoms with E-state index in [-0.39, 0.29) is 11.8 Å². The largest absolute Gasteiger partial charge is 0.325 e. The molecule has 1 N–H and O–H groups in total. The molecule has 3 rings (SSSR count). The minimum absolute atomic E-state index is 0.194. The first-order chi connectivity index (χ1) is 8.16. The molecule has 0 radical (unpaired) electrons. The second-order valence-corrected chi connectivity index (χ2v) is 6.50. The molecule has 1 aromatic carbocycles. The van der Waals surface area contributed by atoms with Crippen LogP contribution >= 0.6 is 34.2 Å². The molecule has 17 heavy (non-hydrogen) atoms. The molecule has 0 spiro atoms. The van der Waals surface area contributed by atoms with Gasteiger partial charge in [0.1, 0.15) is 0 Å². The first-order valence-corrected chi connectivity index (χ1v) is 7.38. The summed E-state index contributed by atoms with van der Waals surface area (Å²) in [6.07, 6.45) is 3.78. The summed E-state index contributed by atoms with van der Waals surface area (Å²) < 4.78 is 0.995. The highest BCUT2D eigenvalue weighted by atomic mass is 127. The van der Waals surface area contributed by atoms with Gasteiger partial charge in [0.2, 0.25) is 5.91 Å². The van der Waals surface area contributed by atoms with Crippen LogP contribution in [-0.2, 0) is 4.79 Å². The maximum atomic E-state index is 12.1. The highest BCUT2D eigenvalue weighted by Crippen LogP contribution is 2.57. The van der Waals surface area contributed by atoms with Gasteiger partial charge in [0, 0.05) is 14.5 Å². The van der Waals surface area contributed by atoms with Gasteiger partial charge in [-0.15, -0.1) is 0 Å². The molecule has 90 valence electrons. The second-order valence-electron chi connectivity index (χ2n) is 4.90. The smallest absolute Gasteiger partial charge is 0.228 e. The van der Waals surface area contributed by atoms with Gasteiger partial charge in [-0.3, -0.25) is 4.79 Å². The number of fused-ring (bicyclic) bond motifs is 1. The Morgan fingerprint density at radius 2 is 2.06 bits per heavy atom. The lowest BCUT2D eigenvalue weighted by molar-refractivity contribution is -0.118. The van der Waals surface area contributed by atoms with Crippen LogP contribution in [-0.4, -0.2) is 5.91 Å². The molecule has 0 aliphatic heterocycles. The van der Waals surface area contributed by atoms with Crippen LogP contribution in [0.1, 0.15) is 19.3 Å². The number of amides is 1. The lowest BCUT2D eigenvalue weighted by Gasteiger charge is -2.08. The molecule has 4 heteroatoms. The van der Waals surface area contributed by atoms with Crippen molar-refractivity contribution >= 4 is 45.8 Å². The van der Waals surface area contributed by atoms with Gasteiger partial charge in [-0.2, -0.15) is 0 Å². The molecule has 0 aromatic heterocycles. The van der Waals surface area contributed by atoms with Crippen molar-refractivity contribution in [1.82, 2.24) is 0 Å². The summed E-state index contributed by atoms with van der Waals surface area (Å²) in [6.45, 7) is 0. The van der Waals surface area contributed by atoms with Crippen molar-refractivity contribution in [2.24, 2.45) is 17.8 Å². The van der Waals surface area contributed by atoms with Crippen LogP contribution in [0.3, 0.4) is 0 Å². The highest BCUT2D eigenvalue weighted by molar-refractivity contribution is 14.1. The zero-order valence-corrected chi connectivity index (χ0v) is 12.2. The van der Waals surface area contributed by atoms with Crippen molar-refractivity contribution in [3.63, 3.8) is 0 Å².